The topological polar surface area (TPSA) is 40.5 Å². The molecule has 2 bridgehead atoms. The van der Waals surface area contributed by atoms with Gasteiger partial charge in [-0.25, -0.2) is 13.2 Å². The highest BCUT2D eigenvalue weighted by atomic mass is 19.3. The molecular formula is C14H19F3O2. The van der Waals surface area contributed by atoms with Gasteiger partial charge in [-0.2, -0.15) is 0 Å². The summed E-state index contributed by atoms with van der Waals surface area (Å²) in [6, 6.07) is 0. The van der Waals surface area contributed by atoms with Crippen LogP contribution in [-0.4, -0.2) is 27.9 Å². The average Bonchev–Trinajstić information content (AvgIpc) is 2.38. The molecule has 3 fully saturated rings. The van der Waals surface area contributed by atoms with Gasteiger partial charge in [0.2, 0.25) is 0 Å². The van der Waals surface area contributed by atoms with E-state index in [2.05, 4.69) is 0 Å². The number of aliphatic hydroxyl groups excluding tert-OH is 1. The Morgan fingerprint density at radius 1 is 1.16 bits per heavy atom. The van der Waals surface area contributed by atoms with Crippen LogP contribution in [0.15, 0.2) is 11.8 Å². The van der Waals surface area contributed by atoms with Crippen LogP contribution in [0.1, 0.15) is 44.9 Å². The summed E-state index contributed by atoms with van der Waals surface area (Å²) >= 11 is 0. The minimum atomic E-state index is -3.47. The number of alkyl halides is 3. The number of hydrogen-bond acceptors (Lipinski definition) is 2. The van der Waals surface area contributed by atoms with Gasteiger partial charge in [-0.1, -0.05) is 0 Å². The first-order chi connectivity index (χ1) is 8.82. The highest BCUT2D eigenvalue weighted by Crippen LogP contribution is 2.65. The third-order valence-corrected chi connectivity index (χ3v) is 5.63. The van der Waals surface area contributed by atoms with Crippen molar-refractivity contribution < 1.29 is 23.4 Å². The van der Waals surface area contributed by atoms with Gasteiger partial charge >= 0.3 is 0 Å². The molecule has 0 aromatic heterocycles. The Morgan fingerprint density at radius 3 is 2.32 bits per heavy atom. The van der Waals surface area contributed by atoms with Crippen LogP contribution in [0.5, 0.6) is 0 Å². The number of rotatable bonds is 1. The van der Waals surface area contributed by atoms with Crippen LogP contribution in [0.4, 0.5) is 13.2 Å². The molecule has 108 valence electrons. The molecule has 4 rings (SSSR count). The maximum Gasteiger partial charge on any atom is 0.287 e. The standard InChI is InChI=1S/C14H19F3O2/c15-11-13(19)7-5-12(6-8-13,14(11,16)17)9-1-3-10(18)4-2-9/h3,9,11,18-19H,1-2,4-8H2. The molecule has 0 aliphatic heterocycles. The molecule has 4 aliphatic carbocycles. The summed E-state index contributed by atoms with van der Waals surface area (Å²) < 4.78 is 43.0. The average molecular weight is 276 g/mol. The van der Waals surface area contributed by atoms with E-state index in [1.807, 2.05) is 0 Å². The highest BCUT2D eigenvalue weighted by Gasteiger charge is 2.73. The van der Waals surface area contributed by atoms with Crippen molar-refractivity contribution in [1.82, 2.24) is 0 Å². The second-order valence-electron chi connectivity index (χ2n) is 6.41. The summed E-state index contributed by atoms with van der Waals surface area (Å²) in [5.74, 6) is -3.53. The number of hydrogen-bond donors (Lipinski definition) is 2. The minimum Gasteiger partial charge on any atom is -0.513 e. The van der Waals surface area contributed by atoms with Crippen molar-refractivity contribution in [1.29, 1.82) is 0 Å². The molecule has 5 heteroatoms. The van der Waals surface area contributed by atoms with E-state index in [0.29, 0.717) is 19.3 Å². The van der Waals surface area contributed by atoms with Gasteiger partial charge in [-0.3, -0.25) is 0 Å². The van der Waals surface area contributed by atoms with E-state index in [-0.39, 0.29) is 37.4 Å². The summed E-state index contributed by atoms with van der Waals surface area (Å²) in [6.07, 6.45) is 0.973. The summed E-state index contributed by atoms with van der Waals surface area (Å²) in [6.45, 7) is 0. The minimum absolute atomic E-state index is 0.121. The maximum absolute atomic E-state index is 14.5. The molecule has 3 saturated carbocycles. The van der Waals surface area contributed by atoms with Crippen molar-refractivity contribution in [2.24, 2.45) is 11.3 Å². The number of aliphatic hydroxyl groups is 2. The SMILES string of the molecule is OC1=CCC(C23CCC(O)(CC2)C(F)C3(F)F)CC1. The smallest absolute Gasteiger partial charge is 0.287 e. The molecule has 2 nitrogen and oxygen atoms in total. The molecule has 0 heterocycles. The molecule has 0 spiro atoms. The van der Waals surface area contributed by atoms with E-state index in [1.165, 1.54) is 0 Å². The Bertz CT molecular complexity index is 411. The van der Waals surface area contributed by atoms with Crippen LogP contribution in [-0.2, 0) is 0 Å². The van der Waals surface area contributed by atoms with E-state index in [9.17, 15) is 23.4 Å². The molecule has 2 atom stereocenters. The lowest BCUT2D eigenvalue weighted by Crippen LogP contribution is -2.68. The summed E-state index contributed by atoms with van der Waals surface area (Å²) in [4.78, 5) is 0. The fourth-order valence-corrected chi connectivity index (χ4v) is 4.31. The van der Waals surface area contributed by atoms with Crippen LogP contribution >= 0.6 is 0 Å². The Labute approximate surface area is 110 Å². The molecule has 2 unspecified atom stereocenters. The lowest BCUT2D eigenvalue weighted by Gasteiger charge is -2.60. The highest BCUT2D eigenvalue weighted by molar-refractivity contribution is 5.18. The molecule has 4 aliphatic rings. The first-order valence-electron chi connectivity index (χ1n) is 6.94. The predicted octanol–water partition coefficient (Wildman–Crippen LogP) is 3.51. The van der Waals surface area contributed by atoms with E-state index in [1.54, 1.807) is 6.08 Å². The van der Waals surface area contributed by atoms with Gasteiger partial charge in [0, 0.05) is 11.8 Å². The van der Waals surface area contributed by atoms with Crippen molar-refractivity contribution in [2.45, 2.75) is 62.6 Å². The zero-order valence-corrected chi connectivity index (χ0v) is 10.7. The van der Waals surface area contributed by atoms with E-state index in [4.69, 9.17) is 0 Å². The maximum atomic E-state index is 14.5. The van der Waals surface area contributed by atoms with Crippen molar-refractivity contribution in [3.05, 3.63) is 11.8 Å². The van der Waals surface area contributed by atoms with Crippen molar-refractivity contribution >= 4 is 0 Å². The van der Waals surface area contributed by atoms with Gasteiger partial charge < -0.3 is 10.2 Å². The lowest BCUT2D eigenvalue weighted by atomic mass is 9.49. The van der Waals surface area contributed by atoms with Gasteiger partial charge in [0.05, 0.1) is 5.76 Å². The Kier molecular flexibility index (Phi) is 2.73. The number of halogens is 3. The third-order valence-electron chi connectivity index (χ3n) is 5.63. The van der Waals surface area contributed by atoms with E-state index in [0.717, 1.165) is 0 Å². The third kappa shape index (κ3) is 1.60. The first kappa shape index (κ1) is 13.3. The molecule has 0 aromatic rings. The molecule has 19 heavy (non-hydrogen) atoms. The molecule has 0 saturated heterocycles. The van der Waals surface area contributed by atoms with Crippen LogP contribution in [0, 0.1) is 11.3 Å². The molecular weight excluding hydrogens is 257 g/mol. The zero-order chi connectivity index (χ0) is 13.9. The molecule has 0 aromatic carbocycles. The van der Waals surface area contributed by atoms with Gasteiger partial charge in [0.25, 0.3) is 5.92 Å². The Hall–Kier alpha value is -0.710. The van der Waals surface area contributed by atoms with Crippen LogP contribution in [0.25, 0.3) is 0 Å². The van der Waals surface area contributed by atoms with Crippen molar-refractivity contribution in [3.8, 4) is 0 Å². The summed E-state index contributed by atoms with van der Waals surface area (Å²) in [5, 5.41) is 19.3. The fraction of sp³-hybridized carbons (Fsp3) is 0.857. The van der Waals surface area contributed by atoms with Crippen LogP contribution < -0.4 is 0 Å². The van der Waals surface area contributed by atoms with Gasteiger partial charge in [0.1, 0.15) is 5.60 Å². The van der Waals surface area contributed by atoms with Crippen molar-refractivity contribution in [2.75, 3.05) is 0 Å². The monoisotopic (exact) mass is 276 g/mol. The largest absolute Gasteiger partial charge is 0.513 e. The Balaban J connectivity index is 1.95. The number of fused-ring (bicyclic) bond motifs is 3. The van der Waals surface area contributed by atoms with Gasteiger partial charge in [0.15, 0.2) is 6.17 Å². The van der Waals surface area contributed by atoms with Crippen LogP contribution in [0.3, 0.4) is 0 Å². The quantitative estimate of drug-likeness (QED) is 0.769. The zero-order valence-electron chi connectivity index (χ0n) is 10.7. The predicted molar refractivity (Wildman–Crippen MR) is 63.7 cm³/mol. The van der Waals surface area contributed by atoms with Crippen molar-refractivity contribution in [3.63, 3.8) is 0 Å². The summed E-state index contributed by atoms with van der Waals surface area (Å²) in [5.41, 5.74) is -3.17. The van der Waals surface area contributed by atoms with Crippen LogP contribution in [0.2, 0.25) is 0 Å². The number of allylic oxidation sites excluding steroid dienone is 2. The molecule has 0 radical (unpaired) electrons. The Morgan fingerprint density at radius 2 is 1.79 bits per heavy atom. The second-order valence-corrected chi connectivity index (χ2v) is 6.41. The lowest BCUT2D eigenvalue weighted by molar-refractivity contribution is -0.304. The normalized spacial score (nSPS) is 48.9. The summed E-state index contributed by atoms with van der Waals surface area (Å²) in [7, 11) is 0. The van der Waals surface area contributed by atoms with E-state index >= 15 is 0 Å². The van der Waals surface area contributed by atoms with E-state index < -0.39 is 23.1 Å². The fourth-order valence-electron chi connectivity index (χ4n) is 4.31. The first-order valence-corrected chi connectivity index (χ1v) is 6.94. The van der Waals surface area contributed by atoms with Gasteiger partial charge in [-0.05, 0) is 50.5 Å². The molecule has 2 N–H and O–H groups in total. The molecule has 0 amide bonds. The van der Waals surface area contributed by atoms with Gasteiger partial charge in [-0.15, -0.1) is 0 Å². The second kappa shape index (κ2) is 3.90.